The molecule has 0 aliphatic carbocycles. The molecule has 3 heterocycles. The molecule has 1 unspecified atom stereocenters. The Bertz CT molecular complexity index is 836. The van der Waals surface area contributed by atoms with Crippen molar-refractivity contribution in [2.45, 2.75) is 32.4 Å². The fourth-order valence-electron chi connectivity index (χ4n) is 2.27. The normalized spacial score (nSPS) is 15.6. The molecule has 3 rings (SSSR count). The minimum absolute atomic E-state index is 0.0262. The monoisotopic (exact) mass is 426 g/mol. The van der Waals surface area contributed by atoms with E-state index in [1.165, 1.54) is 11.2 Å². The van der Waals surface area contributed by atoms with Crippen molar-refractivity contribution in [3.05, 3.63) is 46.7 Å². The van der Waals surface area contributed by atoms with Crippen LogP contribution in [0, 0.1) is 0 Å². The number of hydrogen-bond acceptors (Lipinski definition) is 8. The molecule has 0 radical (unpaired) electrons. The van der Waals surface area contributed by atoms with E-state index in [4.69, 9.17) is 33.8 Å². The van der Waals surface area contributed by atoms with Crippen LogP contribution in [0.1, 0.15) is 20.3 Å². The minimum Gasteiger partial charge on any atom is -0.461 e. The molecule has 150 valence electrons. The van der Waals surface area contributed by atoms with Gasteiger partial charge < -0.3 is 10.2 Å². The number of nitrogens with one attached hydrogen (secondary N) is 2. The van der Waals surface area contributed by atoms with E-state index in [1.54, 1.807) is 44.3 Å². The number of amides is 1. The number of esters is 1. The van der Waals surface area contributed by atoms with Crippen molar-refractivity contribution < 1.29 is 14.3 Å². The second kappa shape index (κ2) is 10.1. The van der Waals surface area contributed by atoms with Gasteiger partial charge in [0.2, 0.25) is 5.91 Å². The van der Waals surface area contributed by atoms with Gasteiger partial charge in [0.25, 0.3) is 0 Å². The molecular formula is C17H20Cl2N6O3. The van der Waals surface area contributed by atoms with Gasteiger partial charge in [-0.2, -0.15) is 0 Å². The third-order valence-electron chi connectivity index (χ3n) is 3.42. The van der Waals surface area contributed by atoms with E-state index in [0.717, 1.165) is 0 Å². The molecule has 2 aromatic heterocycles. The molecule has 0 saturated carbocycles. The molecule has 4 N–H and O–H groups in total. The zero-order chi connectivity index (χ0) is 20.7. The van der Waals surface area contributed by atoms with Crippen molar-refractivity contribution in [3.63, 3.8) is 0 Å². The van der Waals surface area contributed by atoms with E-state index in [-0.39, 0.29) is 18.4 Å². The van der Waals surface area contributed by atoms with Crippen LogP contribution in [-0.4, -0.2) is 34.0 Å². The molecule has 1 atom stereocenters. The molecule has 1 saturated heterocycles. The molecule has 0 spiro atoms. The maximum atomic E-state index is 12.0. The number of nitrogens with zero attached hydrogens (tertiary/aromatic N) is 3. The number of nitrogen functional groups attached to an aromatic ring is 1. The van der Waals surface area contributed by atoms with Crippen LogP contribution in [0.15, 0.2) is 36.7 Å². The number of rotatable bonds is 4. The highest BCUT2D eigenvalue weighted by Crippen LogP contribution is 2.26. The predicted octanol–water partition coefficient (Wildman–Crippen LogP) is 2.32. The summed E-state index contributed by atoms with van der Waals surface area (Å²) in [4.78, 5) is 31.4. The smallest absolute Gasteiger partial charge is 0.331 e. The maximum absolute atomic E-state index is 12.0. The average Bonchev–Trinajstić information content (AvgIpc) is 3.04. The number of pyridine rings is 2. The van der Waals surface area contributed by atoms with Crippen molar-refractivity contribution in [1.82, 2.24) is 15.4 Å². The number of carbonyl (C=O) groups excluding carboxylic acids is 2. The molecule has 1 aliphatic heterocycles. The summed E-state index contributed by atoms with van der Waals surface area (Å²) in [5, 5.41) is 2.24. The van der Waals surface area contributed by atoms with Gasteiger partial charge in [-0.25, -0.2) is 20.6 Å². The topological polar surface area (TPSA) is 122 Å². The number of hydrazine groups is 2. The average molecular weight is 427 g/mol. The van der Waals surface area contributed by atoms with Crippen LogP contribution in [0.25, 0.3) is 0 Å². The first-order chi connectivity index (χ1) is 13.3. The number of hydrogen-bond donors (Lipinski definition) is 3. The maximum Gasteiger partial charge on any atom is 0.331 e. The molecule has 28 heavy (non-hydrogen) atoms. The highest BCUT2D eigenvalue weighted by molar-refractivity contribution is 6.33. The number of anilines is 2. The summed E-state index contributed by atoms with van der Waals surface area (Å²) in [6.45, 7) is 3.50. The Hall–Kier alpha value is -2.62. The van der Waals surface area contributed by atoms with Crippen LogP contribution in [0.3, 0.4) is 0 Å². The highest BCUT2D eigenvalue weighted by atomic mass is 35.5. The van der Waals surface area contributed by atoms with E-state index in [2.05, 4.69) is 20.8 Å². The van der Waals surface area contributed by atoms with Gasteiger partial charge in [0.05, 0.1) is 22.6 Å². The number of aromatic nitrogens is 2. The lowest BCUT2D eigenvalue weighted by Gasteiger charge is -2.24. The quantitative estimate of drug-likeness (QED) is 0.386. The summed E-state index contributed by atoms with van der Waals surface area (Å²) in [5.41, 5.74) is 4.91. The molecule has 11 heteroatoms. The second-order valence-electron chi connectivity index (χ2n) is 5.90. The molecule has 2 aromatic rings. The van der Waals surface area contributed by atoms with Crippen LogP contribution in [0.5, 0.6) is 0 Å². The van der Waals surface area contributed by atoms with Crippen molar-refractivity contribution in [2.24, 2.45) is 5.84 Å². The molecule has 1 amide bonds. The van der Waals surface area contributed by atoms with Crippen LogP contribution in [0.2, 0.25) is 10.0 Å². The Labute approximate surface area is 172 Å². The lowest BCUT2D eigenvalue weighted by molar-refractivity contribution is -0.149. The summed E-state index contributed by atoms with van der Waals surface area (Å²) in [5.74, 6) is 5.14. The van der Waals surface area contributed by atoms with Gasteiger partial charge in [-0.05, 0) is 38.1 Å². The van der Waals surface area contributed by atoms with Gasteiger partial charge in [-0.1, -0.05) is 23.2 Å². The lowest BCUT2D eigenvalue weighted by Crippen LogP contribution is -2.44. The fraction of sp³-hybridized carbons (Fsp3) is 0.294. The highest BCUT2D eigenvalue weighted by Gasteiger charge is 2.39. The molecule has 1 aliphatic rings. The van der Waals surface area contributed by atoms with Crippen LogP contribution >= 0.6 is 23.2 Å². The van der Waals surface area contributed by atoms with Crippen LogP contribution in [0.4, 0.5) is 11.6 Å². The molecular weight excluding hydrogens is 407 g/mol. The number of carbonyl (C=O) groups is 2. The number of halogens is 2. The Morgan fingerprint density at radius 3 is 2.46 bits per heavy atom. The first-order valence-electron chi connectivity index (χ1n) is 8.30. The van der Waals surface area contributed by atoms with Gasteiger partial charge in [-0.15, -0.1) is 0 Å². The summed E-state index contributed by atoms with van der Waals surface area (Å²) in [7, 11) is 0. The molecule has 0 bridgehead atoms. The standard InChI is InChI=1S/C12H14ClN3O3.C5H6ClN3/c1-7(2)19-12(18)9-6-10(17)15-16(9)11-8(13)4-3-5-14-11;6-4-2-1-3-8-5(4)9-7/h3-5,7,9H,6H2,1-2H3,(H,15,17);1-3H,7H2,(H,8,9). The summed E-state index contributed by atoms with van der Waals surface area (Å²) >= 11 is 11.6. The Morgan fingerprint density at radius 1 is 1.29 bits per heavy atom. The van der Waals surface area contributed by atoms with E-state index in [0.29, 0.717) is 21.7 Å². The third-order valence-corrected chi connectivity index (χ3v) is 4.02. The van der Waals surface area contributed by atoms with Crippen LogP contribution in [-0.2, 0) is 14.3 Å². The second-order valence-corrected chi connectivity index (χ2v) is 6.71. The first kappa shape index (κ1) is 21.7. The number of nitrogens with two attached hydrogens (primary N) is 1. The van der Waals surface area contributed by atoms with E-state index >= 15 is 0 Å². The van der Waals surface area contributed by atoms with Crippen molar-refractivity contribution in [2.75, 3.05) is 10.4 Å². The van der Waals surface area contributed by atoms with Gasteiger partial charge in [0, 0.05) is 12.4 Å². The van der Waals surface area contributed by atoms with Gasteiger partial charge in [0.15, 0.2) is 17.7 Å². The first-order valence-corrected chi connectivity index (χ1v) is 9.06. The molecule has 1 fully saturated rings. The van der Waals surface area contributed by atoms with Gasteiger partial charge >= 0.3 is 5.97 Å². The van der Waals surface area contributed by atoms with Gasteiger partial charge in [0.1, 0.15) is 0 Å². The van der Waals surface area contributed by atoms with Crippen molar-refractivity contribution in [3.8, 4) is 0 Å². The molecule has 0 aromatic carbocycles. The van der Waals surface area contributed by atoms with Gasteiger partial charge in [-0.3, -0.25) is 15.2 Å². The van der Waals surface area contributed by atoms with Crippen LogP contribution < -0.4 is 21.7 Å². The summed E-state index contributed by atoms with van der Waals surface area (Å²) in [6, 6.07) is 6.01. The zero-order valence-corrected chi connectivity index (χ0v) is 16.7. The summed E-state index contributed by atoms with van der Waals surface area (Å²) in [6.07, 6.45) is 2.93. The SMILES string of the molecule is CC(C)OC(=O)C1CC(=O)NN1c1ncccc1Cl.NNc1ncccc1Cl. The van der Waals surface area contributed by atoms with Crippen molar-refractivity contribution >= 4 is 46.7 Å². The summed E-state index contributed by atoms with van der Waals surface area (Å²) < 4.78 is 5.13. The number of ether oxygens (including phenoxy) is 1. The lowest BCUT2D eigenvalue weighted by atomic mass is 10.2. The fourth-order valence-corrected chi connectivity index (χ4v) is 2.66. The minimum atomic E-state index is -0.748. The van der Waals surface area contributed by atoms with E-state index < -0.39 is 12.0 Å². The van der Waals surface area contributed by atoms with E-state index in [9.17, 15) is 9.59 Å². The molecule has 9 nitrogen and oxygen atoms in total. The van der Waals surface area contributed by atoms with Crippen molar-refractivity contribution in [1.29, 1.82) is 0 Å². The Kier molecular flexibility index (Phi) is 7.80. The zero-order valence-electron chi connectivity index (χ0n) is 15.2. The Balaban J connectivity index is 0.000000261. The largest absolute Gasteiger partial charge is 0.461 e. The third kappa shape index (κ3) is 5.69. The van der Waals surface area contributed by atoms with E-state index in [1.807, 2.05) is 0 Å². The Morgan fingerprint density at radius 2 is 1.93 bits per heavy atom. The predicted molar refractivity (Wildman–Crippen MR) is 107 cm³/mol.